The first-order valence-electron chi connectivity index (χ1n) is 5.26. The van der Waals surface area contributed by atoms with Crippen molar-refractivity contribution >= 4 is 21.9 Å². The molecule has 0 radical (unpaired) electrons. The van der Waals surface area contributed by atoms with Crippen LogP contribution < -0.4 is 0 Å². The second-order valence-corrected chi connectivity index (χ2v) is 5.50. The van der Waals surface area contributed by atoms with Gasteiger partial charge in [-0.05, 0) is 13.8 Å². The van der Waals surface area contributed by atoms with E-state index >= 15 is 0 Å². The summed E-state index contributed by atoms with van der Waals surface area (Å²) in [5.41, 5.74) is 0. The number of carboxylic acid groups (broad SMARTS) is 1. The van der Waals surface area contributed by atoms with E-state index in [-0.39, 0.29) is 0 Å². The Hall–Kier alpha value is -0.210. The van der Waals surface area contributed by atoms with Crippen LogP contribution in [-0.2, 0) is 23.7 Å². The Bertz CT molecular complexity index is 320. The van der Waals surface area contributed by atoms with Gasteiger partial charge in [0, 0.05) is 7.11 Å². The van der Waals surface area contributed by atoms with Crippen LogP contribution in [0.2, 0.25) is 0 Å². The fourth-order valence-electron chi connectivity index (χ4n) is 2.16. The fraction of sp³-hybridized carbons (Fsp3) is 0.900. The number of rotatable bonds is 3. The molecule has 2 rings (SSSR count). The lowest BCUT2D eigenvalue weighted by atomic mass is 10.1. The van der Waals surface area contributed by atoms with Crippen LogP contribution in [-0.4, -0.2) is 53.4 Å². The molecule has 2 aliphatic rings. The van der Waals surface area contributed by atoms with Gasteiger partial charge in [-0.15, -0.1) is 0 Å². The molecular formula is C10H15BrO6. The zero-order valence-electron chi connectivity index (χ0n) is 9.75. The highest BCUT2D eigenvalue weighted by molar-refractivity contribution is 9.10. The summed E-state index contributed by atoms with van der Waals surface area (Å²) in [7, 11) is 1.49. The quantitative estimate of drug-likeness (QED) is 0.775. The van der Waals surface area contributed by atoms with Crippen LogP contribution in [0.25, 0.3) is 0 Å². The molecule has 0 unspecified atom stereocenters. The van der Waals surface area contributed by atoms with E-state index in [0.717, 1.165) is 0 Å². The lowest BCUT2D eigenvalue weighted by molar-refractivity contribution is -0.227. The molecule has 2 aliphatic heterocycles. The summed E-state index contributed by atoms with van der Waals surface area (Å²) in [6, 6.07) is 0. The normalized spacial score (nSPS) is 41.2. The van der Waals surface area contributed by atoms with Gasteiger partial charge in [-0.2, -0.15) is 0 Å². The summed E-state index contributed by atoms with van der Waals surface area (Å²) in [4.78, 5) is 10.1. The van der Waals surface area contributed by atoms with E-state index in [1.807, 2.05) is 0 Å². The van der Waals surface area contributed by atoms with Gasteiger partial charge in [-0.3, -0.25) is 4.79 Å². The largest absolute Gasteiger partial charge is 0.480 e. The molecule has 0 saturated carbocycles. The Morgan fingerprint density at radius 2 is 2.00 bits per heavy atom. The van der Waals surface area contributed by atoms with Crippen LogP contribution in [0.1, 0.15) is 13.8 Å². The first-order valence-corrected chi connectivity index (χ1v) is 6.18. The van der Waals surface area contributed by atoms with Crippen molar-refractivity contribution in [1.29, 1.82) is 0 Å². The van der Waals surface area contributed by atoms with Crippen LogP contribution in [0.4, 0.5) is 0 Å². The van der Waals surface area contributed by atoms with Gasteiger partial charge in [-0.1, -0.05) is 15.9 Å². The van der Waals surface area contributed by atoms with Crippen LogP contribution in [0.15, 0.2) is 0 Å². The second kappa shape index (κ2) is 4.47. The average molecular weight is 311 g/mol. The molecule has 0 aliphatic carbocycles. The van der Waals surface area contributed by atoms with Crippen molar-refractivity contribution in [3.05, 3.63) is 0 Å². The van der Waals surface area contributed by atoms with Crippen molar-refractivity contribution in [3.63, 3.8) is 0 Å². The maximum atomic E-state index is 11.0. The molecule has 0 aromatic heterocycles. The van der Waals surface area contributed by atoms with Gasteiger partial charge in [0.15, 0.2) is 12.1 Å². The number of ether oxygens (including phenoxy) is 4. The highest BCUT2D eigenvalue weighted by Crippen LogP contribution is 2.41. The molecule has 0 spiro atoms. The Morgan fingerprint density at radius 1 is 1.41 bits per heavy atom. The molecule has 2 fully saturated rings. The Balaban J connectivity index is 2.18. The lowest BCUT2D eigenvalue weighted by Gasteiger charge is -2.24. The summed E-state index contributed by atoms with van der Waals surface area (Å²) >= 11 is 3.08. The van der Waals surface area contributed by atoms with E-state index in [4.69, 9.17) is 24.1 Å². The smallest absolute Gasteiger partial charge is 0.320 e. The molecular weight excluding hydrogens is 296 g/mol. The third-order valence-corrected chi connectivity index (χ3v) is 3.72. The van der Waals surface area contributed by atoms with E-state index in [1.165, 1.54) is 7.11 Å². The monoisotopic (exact) mass is 310 g/mol. The molecule has 0 amide bonds. The highest BCUT2D eigenvalue weighted by Gasteiger charge is 2.58. The fourth-order valence-corrected chi connectivity index (χ4v) is 2.58. The van der Waals surface area contributed by atoms with Gasteiger partial charge in [0.2, 0.25) is 0 Å². The molecule has 0 aromatic carbocycles. The number of fused-ring (bicyclic) bond motifs is 1. The van der Waals surface area contributed by atoms with Crippen molar-refractivity contribution in [3.8, 4) is 0 Å². The van der Waals surface area contributed by atoms with Crippen molar-refractivity contribution < 1.29 is 28.8 Å². The van der Waals surface area contributed by atoms with Gasteiger partial charge in [-0.25, -0.2) is 0 Å². The maximum absolute atomic E-state index is 11.0. The zero-order valence-corrected chi connectivity index (χ0v) is 11.3. The average Bonchev–Trinajstić information content (AvgIpc) is 2.69. The van der Waals surface area contributed by atoms with Gasteiger partial charge in [0.05, 0.1) is 0 Å². The minimum Gasteiger partial charge on any atom is -0.480 e. The van der Waals surface area contributed by atoms with Crippen LogP contribution in [0.5, 0.6) is 0 Å². The SMILES string of the molecule is CO[C@@H]1O[C@H]([C@H](Br)C(=O)O)[C@H]2OC(C)(C)O[C@@H]12. The highest BCUT2D eigenvalue weighted by atomic mass is 79.9. The second-order valence-electron chi connectivity index (χ2n) is 4.51. The first-order chi connectivity index (χ1) is 7.85. The minimum absolute atomic E-state index is 0.403. The first kappa shape index (κ1) is 13.2. The molecule has 0 bridgehead atoms. The molecule has 6 nitrogen and oxygen atoms in total. The van der Waals surface area contributed by atoms with E-state index < -0.39 is 41.2 Å². The van der Waals surface area contributed by atoms with E-state index in [1.54, 1.807) is 13.8 Å². The van der Waals surface area contributed by atoms with Crippen molar-refractivity contribution in [2.24, 2.45) is 0 Å². The summed E-state index contributed by atoms with van der Waals surface area (Å²) in [6.07, 6.45) is -2.09. The molecule has 0 aromatic rings. The maximum Gasteiger partial charge on any atom is 0.320 e. The predicted molar refractivity (Wildman–Crippen MR) is 59.8 cm³/mol. The predicted octanol–water partition coefficient (Wildman–Crippen LogP) is 0.726. The summed E-state index contributed by atoms with van der Waals surface area (Å²) in [5, 5.41) is 8.99. The Morgan fingerprint density at radius 3 is 2.53 bits per heavy atom. The van der Waals surface area contributed by atoms with Crippen LogP contribution in [0, 0.1) is 0 Å². The Labute approximate surface area is 107 Å². The molecule has 1 N–H and O–H groups in total. The van der Waals surface area contributed by atoms with Crippen molar-refractivity contribution in [2.45, 2.75) is 49.1 Å². The number of hydrogen-bond acceptors (Lipinski definition) is 5. The van der Waals surface area contributed by atoms with E-state index in [0.29, 0.717) is 0 Å². The lowest BCUT2D eigenvalue weighted by Crippen LogP contribution is -2.39. The topological polar surface area (TPSA) is 74.2 Å². The zero-order chi connectivity index (χ0) is 12.8. The standard InChI is InChI=1S/C10H15BrO6/c1-10(2)16-6-5(4(11)8(12)13)15-9(14-3)7(6)17-10/h4-7,9H,1-3H3,(H,12,13)/t4-,5+,6+,7+,9+/m0/s1. The molecule has 5 atom stereocenters. The summed E-state index contributed by atoms with van der Waals surface area (Å²) in [6.45, 7) is 3.55. The molecule has 2 saturated heterocycles. The van der Waals surface area contributed by atoms with Crippen LogP contribution in [0.3, 0.4) is 0 Å². The van der Waals surface area contributed by atoms with E-state index in [9.17, 15) is 4.79 Å². The van der Waals surface area contributed by atoms with E-state index in [2.05, 4.69) is 15.9 Å². The van der Waals surface area contributed by atoms with Crippen molar-refractivity contribution in [1.82, 2.24) is 0 Å². The minimum atomic E-state index is -1.00. The van der Waals surface area contributed by atoms with Crippen LogP contribution >= 0.6 is 15.9 Å². The van der Waals surface area contributed by atoms with Crippen molar-refractivity contribution in [2.75, 3.05) is 7.11 Å². The number of hydrogen-bond donors (Lipinski definition) is 1. The summed E-state index contributed by atoms with van der Waals surface area (Å²) < 4.78 is 22.0. The van der Waals surface area contributed by atoms with Gasteiger partial charge in [0.1, 0.15) is 23.1 Å². The number of carbonyl (C=O) groups is 1. The van der Waals surface area contributed by atoms with Gasteiger partial charge < -0.3 is 24.1 Å². The number of aliphatic carboxylic acids is 1. The molecule has 98 valence electrons. The number of carboxylic acids is 1. The molecule has 7 heteroatoms. The number of halogens is 1. The third-order valence-electron chi connectivity index (χ3n) is 2.80. The third kappa shape index (κ3) is 2.34. The molecule has 2 heterocycles. The number of alkyl halides is 1. The van der Waals surface area contributed by atoms with Gasteiger partial charge in [0.25, 0.3) is 0 Å². The molecule has 17 heavy (non-hydrogen) atoms. The van der Waals surface area contributed by atoms with Gasteiger partial charge >= 0.3 is 5.97 Å². The number of methoxy groups -OCH3 is 1. The summed E-state index contributed by atoms with van der Waals surface area (Å²) in [5.74, 6) is -1.75. The Kier molecular flexibility index (Phi) is 3.48.